The van der Waals surface area contributed by atoms with Crippen LogP contribution in [0.2, 0.25) is 0 Å². The van der Waals surface area contributed by atoms with E-state index in [0.29, 0.717) is 23.0 Å². The van der Waals surface area contributed by atoms with Crippen LogP contribution in [-0.4, -0.2) is 28.4 Å². The monoisotopic (exact) mass is 301 g/mol. The van der Waals surface area contributed by atoms with Crippen LogP contribution in [-0.2, 0) is 0 Å². The van der Waals surface area contributed by atoms with Gasteiger partial charge in [-0.05, 0) is 42.3 Å². The molecule has 4 nitrogen and oxygen atoms in total. The van der Waals surface area contributed by atoms with E-state index in [-0.39, 0.29) is 5.92 Å². The summed E-state index contributed by atoms with van der Waals surface area (Å²) in [4.78, 5) is 0. The van der Waals surface area contributed by atoms with E-state index in [2.05, 4.69) is 6.92 Å². The Kier molecular flexibility index (Phi) is 5.15. The van der Waals surface area contributed by atoms with Gasteiger partial charge in [-0.3, -0.25) is 0 Å². The van der Waals surface area contributed by atoms with Gasteiger partial charge >= 0.3 is 0 Å². The summed E-state index contributed by atoms with van der Waals surface area (Å²) in [7, 11) is 6.48. The van der Waals surface area contributed by atoms with Crippen molar-refractivity contribution in [2.75, 3.05) is 28.4 Å². The van der Waals surface area contributed by atoms with Crippen molar-refractivity contribution in [3.63, 3.8) is 0 Å². The first kappa shape index (κ1) is 16.0. The summed E-state index contributed by atoms with van der Waals surface area (Å²) in [5, 5.41) is 0. The van der Waals surface area contributed by atoms with Crippen molar-refractivity contribution in [3.8, 4) is 23.0 Å². The molecule has 22 heavy (non-hydrogen) atoms. The molecule has 0 atom stereocenters. The van der Waals surface area contributed by atoms with Gasteiger partial charge in [0.05, 0.1) is 28.4 Å². The van der Waals surface area contributed by atoms with Crippen LogP contribution < -0.4 is 18.9 Å². The van der Waals surface area contributed by atoms with Gasteiger partial charge in [-0.15, -0.1) is 0 Å². The van der Waals surface area contributed by atoms with E-state index in [1.54, 1.807) is 28.4 Å². The summed E-state index contributed by atoms with van der Waals surface area (Å²) in [5.41, 5.74) is 2.06. The van der Waals surface area contributed by atoms with Gasteiger partial charge in [0.2, 0.25) is 0 Å². The molecular formula is C18H21O4. The predicted octanol–water partition coefficient (Wildman–Crippen LogP) is 3.69. The van der Waals surface area contributed by atoms with E-state index in [9.17, 15) is 0 Å². The highest BCUT2D eigenvalue weighted by molar-refractivity contribution is 5.49. The smallest absolute Gasteiger partial charge is 0.161 e. The minimum Gasteiger partial charge on any atom is -0.493 e. The van der Waals surface area contributed by atoms with Crippen molar-refractivity contribution in [1.82, 2.24) is 0 Å². The summed E-state index contributed by atoms with van der Waals surface area (Å²) in [6, 6.07) is 11.6. The zero-order valence-electron chi connectivity index (χ0n) is 13.4. The Morgan fingerprint density at radius 1 is 0.636 bits per heavy atom. The van der Waals surface area contributed by atoms with Crippen molar-refractivity contribution in [2.45, 2.75) is 5.92 Å². The SMILES string of the molecule is [CH2]C(c1ccc(OC)c(OC)c1)c1ccc(OC)c(OC)c1. The normalized spacial score (nSPS) is 10.5. The Labute approximate surface area is 131 Å². The highest BCUT2D eigenvalue weighted by Gasteiger charge is 2.14. The Bertz CT molecular complexity index is 581. The molecule has 0 unspecified atom stereocenters. The molecule has 0 saturated heterocycles. The van der Waals surface area contributed by atoms with Crippen LogP contribution in [0.1, 0.15) is 17.0 Å². The first-order valence-corrected chi connectivity index (χ1v) is 6.91. The third kappa shape index (κ3) is 3.11. The van der Waals surface area contributed by atoms with Crippen molar-refractivity contribution < 1.29 is 18.9 Å². The quantitative estimate of drug-likeness (QED) is 0.815. The molecule has 0 aliphatic rings. The van der Waals surface area contributed by atoms with Crippen LogP contribution in [0.5, 0.6) is 23.0 Å². The minimum absolute atomic E-state index is 0.0559. The number of hydrogen-bond acceptors (Lipinski definition) is 4. The second-order valence-electron chi connectivity index (χ2n) is 4.78. The molecule has 2 aromatic rings. The zero-order chi connectivity index (χ0) is 16.1. The molecule has 0 aliphatic carbocycles. The lowest BCUT2D eigenvalue weighted by Crippen LogP contribution is -2.00. The van der Waals surface area contributed by atoms with Gasteiger partial charge in [0.15, 0.2) is 23.0 Å². The second kappa shape index (κ2) is 7.07. The molecule has 0 aliphatic heterocycles. The van der Waals surface area contributed by atoms with Gasteiger partial charge in [0.25, 0.3) is 0 Å². The average molecular weight is 301 g/mol. The summed E-state index contributed by atoms with van der Waals surface area (Å²) in [5.74, 6) is 2.72. The minimum atomic E-state index is -0.0559. The van der Waals surface area contributed by atoms with E-state index >= 15 is 0 Å². The van der Waals surface area contributed by atoms with E-state index in [1.807, 2.05) is 36.4 Å². The zero-order valence-corrected chi connectivity index (χ0v) is 13.4. The molecular weight excluding hydrogens is 280 g/mol. The van der Waals surface area contributed by atoms with Crippen LogP contribution in [0.15, 0.2) is 36.4 Å². The molecule has 0 heterocycles. The van der Waals surface area contributed by atoms with Crippen LogP contribution in [0, 0.1) is 6.92 Å². The lowest BCUT2D eigenvalue weighted by Gasteiger charge is -2.17. The van der Waals surface area contributed by atoms with Gasteiger partial charge in [0, 0.05) is 5.92 Å². The number of ether oxygens (including phenoxy) is 4. The van der Waals surface area contributed by atoms with E-state index in [4.69, 9.17) is 18.9 Å². The third-order valence-electron chi connectivity index (χ3n) is 3.62. The van der Waals surface area contributed by atoms with E-state index in [1.165, 1.54) is 0 Å². The summed E-state index contributed by atoms with van der Waals surface area (Å²) in [6.45, 7) is 4.25. The predicted molar refractivity (Wildman–Crippen MR) is 86.3 cm³/mol. The Balaban J connectivity index is 2.37. The fourth-order valence-corrected chi connectivity index (χ4v) is 2.33. The summed E-state index contributed by atoms with van der Waals surface area (Å²) in [6.07, 6.45) is 0. The van der Waals surface area contributed by atoms with Gasteiger partial charge in [-0.2, -0.15) is 0 Å². The van der Waals surface area contributed by atoms with Crippen molar-refractivity contribution in [1.29, 1.82) is 0 Å². The second-order valence-corrected chi connectivity index (χ2v) is 4.78. The molecule has 0 amide bonds. The largest absolute Gasteiger partial charge is 0.493 e. The Morgan fingerprint density at radius 3 is 1.32 bits per heavy atom. The third-order valence-corrected chi connectivity index (χ3v) is 3.62. The maximum Gasteiger partial charge on any atom is 0.161 e. The molecule has 0 aromatic heterocycles. The molecule has 0 N–H and O–H groups in total. The lowest BCUT2D eigenvalue weighted by atomic mass is 9.92. The van der Waals surface area contributed by atoms with Crippen LogP contribution >= 0.6 is 0 Å². The molecule has 1 radical (unpaired) electrons. The van der Waals surface area contributed by atoms with Crippen molar-refractivity contribution in [3.05, 3.63) is 54.4 Å². The number of rotatable bonds is 6. The molecule has 0 bridgehead atoms. The first-order chi connectivity index (χ1) is 10.6. The molecule has 0 saturated carbocycles. The maximum absolute atomic E-state index is 5.35. The van der Waals surface area contributed by atoms with E-state index < -0.39 is 0 Å². The molecule has 0 fully saturated rings. The highest BCUT2D eigenvalue weighted by Crippen LogP contribution is 2.36. The topological polar surface area (TPSA) is 36.9 Å². The van der Waals surface area contributed by atoms with Gasteiger partial charge in [-0.1, -0.05) is 12.1 Å². The maximum atomic E-state index is 5.35. The van der Waals surface area contributed by atoms with Gasteiger partial charge in [0.1, 0.15) is 0 Å². The van der Waals surface area contributed by atoms with Gasteiger partial charge < -0.3 is 18.9 Å². The standard InChI is InChI=1S/C18H21O4/c1-12(13-6-8-15(19-2)17(10-13)21-4)14-7-9-16(20-3)18(11-14)22-5/h6-12H,1H2,2-5H3. The summed E-state index contributed by atoms with van der Waals surface area (Å²) >= 11 is 0. The van der Waals surface area contributed by atoms with Crippen molar-refractivity contribution in [2.24, 2.45) is 0 Å². The Morgan fingerprint density at radius 2 is 1.00 bits per heavy atom. The number of hydrogen-bond donors (Lipinski definition) is 0. The van der Waals surface area contributed by atoms with Gasteiger partial charge in [-0.25, -0.2) is 0 Å². The molecule has 2 rings (SSSR count). The lowest BCUT2D eigenvalue weighted by molar-refractivity contribution is 0.354. The molecule has 2 aromatic carbocycles. The first-order valence-electron chi connectivity index (χ1n) is 6.91. The van der Waals surface area contributed by atoms with Crippen LogP contribution in [0.25, 0.3) is 0 Å². The molecule has 117 valence electrons. The fourth-order valence-electron chi connectivity index (χ4n) is 2.33. The number of methoxy groups -OCH3 is 4. The number of benzene rings is 2. The van der Waals surface area contributed by atoms with Crippen LogP contribution in [0.4, 0.5) is 0 Å². The fraction of sp³-hybridized carbons (Fsp3) is 0.278. The average Bonchev–Trinajstić information content (AvgIpc) is 2.59. The van der Waals surface area contributed by atoms with E-state index in [0.717, 1.165) is 11.1 Å². The molecule has 0 spiro atoms. The Hall–Kier alpha value is -2.36. The highest BCUT2D eigenvalue weighted by atomic mass is 16.5. The molecule has 4 heteroatoms. The van der Waals surface area contributed by atoms with Crippen LogP contribution in [0.3, 0.4) is 0 Å². The summed E-state index contributed by atoms with van der Waals surface area (Å²) < 4.78 is 21.2. The van der Waals surface area contributed by atoms with Crippen molar-refractivity contribution >= 4 is 0 Å².